The molecule has 9 heteroatoms. The third-order valence-corrected chi connectivity index (χ3v) is 10.0. The van der Waals surface area contributed by atoms with E-state index in [-0.39, 0.29) is 18.3 Å². The van der Waals surface area contributed by atoms with Crippen LogP contribution >= 0.6 is 23.2 Å². The lowest BCUT2D eigenvalue weighted by Gasteiger charge is -2.32. The first kappa shape index (κ1) is 35.5. The molecule has 0 radical (unpaired) electrons. The summed E-state index contributed by atoms with van der Waals surface area (Å²) in [6.07, 6.45) is 5.24. The Bertz CT molecular complexity index is 1710. The van der Waals surface area contributed by atoms with E-state index in [4.69, 9.17) is 42.4 Å². The van der Waals surface area contributed by atoms with Crippen molar-refractivity contribution in [3.63, 3.8) is 0 Å². The van der Waals surface area contributed by atoms with Crippen LogP contribution in [0.25, 0.3) is 0 Å². The normalized spacial score (nSPS) is 14.4. The van der Waals surface area contributed by atoms with Gasteiger partial charge in [-0.15, -0.1) is 0 Å². The molecule has 5 rings (SSSR count). The highest BCUT2D eigenvalue weighted by molar-refractivity contribution is 6.30. The van der Waals surface area contributed by atoms with E-state index >= 15 is 0 Å². The molecule has 2 heterocycles. The van der Waals surface area contributed by atoms with E-state index in [2.05, 4.69) is 24.1 Å². The lowest BCUT2D eigenvalue weighted by atomic mass is 9.74. The minimum absolute atomic E-state index is 0.0951. The van der Waals surface area contributed by atoms with Crippen LogP contribution in [-0.2, 0) is 23.4 Å². The molecule has 1 aliphatic rings. The predicted octanol–water partition coefficient (Wildman–Crippen LogP) is 8.91. The molecule has 1 N–H and O–H groups in total. The molecule has 0 aliphatic carbocycles. The number of benzene rings is 3. The van der Waals surface area contributed by atoms with Gasteiger partial charge in [-0.25, -0.2) is 0 Å². The molecule has 4 aromatic rings. The summed E-state index contributed by atoms with van der Waals surface area (Å²) in [5.41, 5.74) is 3.15. The highest BCUT2D eigenvalue weighted by atomic mass is 35.5. The molecular formula is C39H43Cl2N3O4. The van der Waals surface area contributed by atoms with Gasteiger partial charge in [0.05, 0.1) is 38.0 Å². The molecule has 48 heavy (non-hydrogen) atoms. The second-order valence-electron chi connectivity index (χ2n) is 13.0. The highest BCUT2D eigenvalue weighted by Gasteiger charge is 2.46. The van der Waals surface area contributed by atoms with Crippen molar-refractivity contribution in [2.45, 2.75) is 57.7 Å². The Morgan fingerprint density at radius 1 is 0.958 bits per heavy atom. The Labute approximate surface area is 294 Å². The van der Waals surface area contributed by atoms with Crippen molar-refractivity contribution in [1.82, 2.24) is 9.88 Å². The molecule has 0 bridgehead atoms. The van der Waals surface area contributed by atoms with Gasteiger partial charge in [-0.2, -0.15) is 5.26 Å². The topological polar surface area (TPSA) is 87.8 Å². The summed E-state index contributed by atoms with van der Waals surface area (Å²) < 4.78 is 17.4. The van der Waals surface area contributed by atoms with Gasteiger partial charge < -0.3 is 24.2 Å². The summed E-state index contributed by atoms with van der Waals surface area (Å²) in [5, 5.41) is 23.3. The fourth-order valence-electron chi connectivity index (χ4n) is 6.65. The van der Waals surface area contributed by atoms with Crippen molar-refractivity contribution in [1.29, 1.82) is 5.26 Å². The molecule has 0 spiro atoms. The van der Waals surface area contributed by atoms with Crippen LogP contribution in [0.15, 0.2) is 72.9 Å². The van der Waals surface area contributed by atoms with E-state index in [0.717, 1.165) is 60.5 Å². The second kappa shape index (κ2) is 15.2. The molecule has 7 nitrogen and oxygen atoms in total. The Morgan fingerprint density at radius 2 is 1.58 bits per heavy atom. The number of methoxy groups -OCH3 is 2. The SMILES string of the molecule is COc1ccc(CCN(C)CCCCC(c2ncc3c(c2O)COC3(c2ccc(Cl)cc2)c2ccc(Cl)cc2)C(C)(C)C#N)cc1OC. The smallest absolute Gasteiger partial charge is 0.160 e. The number of ether oxygens (including phenoxy) is 3. The van der Waals surface area contributed by atoms with E-state index in [1.54, 1.807) is 14.2 Å². The summed E-state index contributed by atoms with van der Waals surface area (Å²) in [5.74, 6) is 1.28. The van der Waals surface area contributed by atoms with Crippen molar-refractivity contribution >= 4 is 23.2 Å². The number of nitrogens with zero attached hydrogens (tertiary/aromatic N) is 3. The lowest BCUT2D eigenvalue weighted by molar-refractivity contribution is 0.0263. The Morgan fingerprint density at radius 3 is 2.17 bits per heavy atom. The number of rotatable bonds is 14. The Kier molecular flexibility index (Phi) is 11.2. The largest absolute Gasteiger partial charge is 0.506 e. The second-order valence-corrected chi connectivity index (χ2v) is 13.9. The average Bonchev–Trinajstić information content (AvgIpc) is 3.49. The van der Waals surface area contributed by atoms with Crippen molar-refractivity contribution in [2.24, 2.45) is 5.41 Å². The minimum Gasteiger partial charge on any atom is -0.506 e. The van der Waals surface area contributed by atoms with Gasteiger partial charge in [0.25, 0.3) is 0 Å². The maximum Gasteiger partial charge on any atom is 0.160 e. The number of aromatic nitrogens is 1. The molecule has 0 saturated carbocycles. The van der Waals surface area contributed by atoms with Gasteiger partial charge in [-0.3, -0.25) is 4.98 Å². The van der Waals surface area contributed by atoms with E-state index in [9.17, 15) is 10.4 Å². The van der Waals surface area contributed by atoms with E-state index in [1.165, 1.54) is 5.56 Å². The van der Waals surface area contributed by atoms with Crippen molar-refractivity contribution < 1.29 is 19.3 Å². The quantitative estimate of drug-likeness (QED) is 0.132. The molecular weight excluding hydrogens is 645 g/mol. The fraction of sp³-hybridized carbons (Fsp3) is 0.385. The predicted molar refractivity (Wildman–Crippen MR) is 190 cm³/mol. The van der Waals surface area contributed by atoms with Crippen LogP contribution in [0.1, 0.15) is 72.5 Å². The van der Waals surface area contributed by atoms with Crippen molar-refractivity contribution in [3.8, 4) is 23.3 Å². The van der Waals surface area contributed by atoms with Gasteiger partial charge in [0.1, 0.15) is 11.4 Å². The number of hydrogen-bond acceptors (Lipinski definition) is 7. The molecule has 0 saturated heterocycles. The van der Waals surface area contributed by atoms with Crippen LogP contribution in [0.3, 0.4) is 0 Å². The van der Waals surface area contributed by atoms with Crippen LogP contribution in [0.5, 0.6) is 17.2 Å². The van der Waals surface area contributed by atoms with Crippen LogP contribution in [0.2, 0.25) is 10.0 Å². The van der Waals surface area contributed by atoms with Crippen LogP contribution in [0.4, 0.5) is 0 Å². The summed E-state index contributed by atoms with van der Waals surface area (Å²) in [6.45, 7) is 5.84. The summed E-state index contributed by atoms with van der Waals surface area (Å²) in [7, 11) is 5.41. The van der Waals surface area contributed by atoms with Crippen molar-refractivity contribution in [2.75, 3.05) is 34.4 Å². The maximum absolute atomic E-state index is 11.8. The lowest BCUT2D eigenvalue weighted by Crippen LogP contribution is -2.29. The average molecular weight is 689 g/mol. The first-order valence-electron chi connectivity index (χ1n) is 16.2. The molecule has 1 unspecified atom stereocenters. The van der Waals surface area contributed by atoms with Crippen LogP contribution in [-0.4, -0.2) is 49.3 Å². The third-order valence-electron chi connectivity index (χ3n) is 9.50. The summed E-state index contributed by atoms with van der Waals surface area (Å²) in [4.78, 5) is 7.20. The first-order valence-corrected chi connectivity index (χ1v) is 17.0. The molecule has 252 valence electrons. The van der Waals surface area contributed by atoms with Gasteiger partial charge in [-0.1, -0.05) is 60.0 Å². The zero-order valence-corrected chi connectivity index (χ0v) is 29.7. The van der Waals surface area contributed by atoms with Crippen LogP contribution in [0, 0.1) is 16.7 Å². The Hall–Kier alpha value is -3.80. The number of aromatic hydroxyl groups is 1. The number of likely N-dealkylation sites (N-methyl/N-ethyl adjacent to an activating group) is 1. The molecule has 3 aromatic carbocycles. The monoisotopic (exact) mass is 687 g/mol. The van der Waals surface area contributed by atoms with Gasteiger partial charge in [0, 0.05) is 39.8 Å². The minimum atomic E-state index is -1.00. The number of halogens is 2. The molecule has 0 fully saturated rings. The van der Waals surface area contributed by atoms with Crippen LogP contribution < -0.4 is 9.47 Å². The molecule has 0 amide bonds. The Balaban J connectivity index is 1.33. The summed E-state index contributed by atoms with van der Waals surface area (Å²) in [6, 6.07) is 23.6. The number of nitriles is 1. The van der Waals surface area contributed by atoms with Gasteiger partial charge >= 0.3 is 0 Å². The molecule has 1 aliphatic heterocycles. The summed E-state index contributed by atoms with van der Waals surface area (Å²) >= 11 is 12.5. The number of hydrogen-bond donors (Lipinski definition) is 1. The van der Waals surface area contributed by atoms with E-state index < -0.39 is 11.0 Å². The van der Waals surface area contributed by atoms with Gasteiger partial charge in [0.15, 0.2) is 11.5 Å². The number of unbranched alkanes of at least 4 members (excludes halogenated alkanes) is 1. The highest BCUT2D eigenvalue weighted by Crippen LogP contribution is 2.52. The zero-order chi connectivity index (χ0) is 34.5. The molecule has 1 aromatic heterocycles. The first-order chi connectivity index (χ1) is 23.0. The van der Waals surface area contributed by atoms with E-state index in [0.29, 0.717) is 27.7 Å². The third kappa shape index (κ3) is 7.28. The van der Waals surface area contributed by atoms with Gasteiger partial charge in [-0.05, 0) is 99.8 Å². The standard InChI is InChI=1S/C39H43Cl2N3O4/c1-38(2,25-42)32(8-6-7-20-44(3)21-19-26-9-18-34(46-4)35(22-26)47-5)36-37(45)31-24-48-39(33(31)23-43-36,27-10-14-29(40)15-11-27)28-12-16-30(41)17-13-28/h9-18,22-23,32,45H,6-8,19-21,24H2,1-5H3. The van der Waals surface area contributed by atoms with Gasteiger partial charge in [0.2, 0.25) is 0 Å². The fourth-order valence-corrected chi connectivity index (χ4v) is 6.90. The van der Waals surface area contributed by atoms with E-state index in [1.807, 2.05) is 80.7 Å². The maximum atomic E-state index is 11.8. The number of pyridine rings is 1. The number of fused-ring (bicyclic) bond motifs is 1. The molecule has 1 atom stereocenters. The van der Waals surface area contributed by atoms with Crippen molar-refractivity contribution in [3.05, 3.63) is 116 Å². The zero-order valence-electron chi connectivity index (χ0n) is 28.2.